The minimum Gasteiger partial charge on any atom is -0.393 e. The number of anilines is 2. The van der Waals surface area contributed by atoms with Gasteiger partial charge in [0.25, 0.3) is 0 Å². The number of nitrogens with one attached hydrogen (secondary N) is 2. The average Bonchev–Trinajstić information content (AvgIpc) is 2.98. The second-order valence-electron chi connectivity index (χ2n) is 6.39. The molecule has 1 aliphatic rings. The highest BCUT2D eigenvalue weighted by Gasteiger charge is 2.16. The Kier molecular flexibility index (Phi) is 6.21. The van der Waals surface area contributed by atoms with Crippen LogP contribution in [0.5, 0.6) is 0 Å². The summed E-state index contributed by atoms with van der Waals surface area (Å²) in [5, 5.41) is 14.7. The molecule has 1 aliphatic heterocycles. The van der Waals surface area contributed by atoms with Crippen LogP contribution in [0.2, 0.25) is 0 Å². The molecule has 1 fully saturated rings. The Hall–Kier alpha value is -1.82. The maximum absolute atomic E-state index is 14.2. The van der Waals surface area contributed by atoms with Gasteiger partial charge in [-0.05, 0) is 50.3 Å². The standard InChI is InChI=1S/C17H26FN3O2/c1-12(9-13(2)22)11-19-17(23)20-14-5-6-16(15(18)10-14)21-7-3-4-8-21/h5-6,10,12-13,22H,3-4,7-9,11H2,1-2H3,(H2,19,20,23). The third-order valence-electron chi connectivity index (χ3n) is 4.01. The molecule has 0 bridgehead atoms. The molecule has 1 heterocycles. The summed E-state index contributed by atoms with van der Waals surface area (Å²) in [7, 11) is 0. The molecule has 0 spiro atoms. The molecular weight excluding hydrogens is 297 g/mol. The lowest BCUT2D eigenvalue weighted by atomic mass is 10.1. The molecule has 0 aliphatic carbocycles. The molecule has 0 saturated carbocycles. The van der Waals surface area contributed by atoms with Crippen molar-refractivity contribution in [3.63, 3.8) is 0 Å². The number of rotatable bonds is 6. The zero-order valence-electron chi connectivity index (χ0n) is 13.8. The summed E-state index contributed by atoms with van der Waals surface area (Å²) in [5.41, 5.74) is 1.03. The van der Waals surface area contributed by atoms with Crippen molar-refractivity contribution in [3.05, 3.63) is 24.0 Å². The zero-order valence-corrected chi connectivity index (χ0v) is 13.8. The van der Waals surface area contributed by atoms with Gasteiger partial charge in [0.15, 0.2) is 0 Å². The highest BCUT2D eigenvalue weighted by Crippen LogP contribution is 2.25. The van der Waals surface area contributed by atoms with Gasteiger partial charge in [-0.25, -0.2) is 9.18 Å². The second-order valence-corrected chi connectivity index (χ2v) is 6.39. The van der Waals surface area contributed by atoms with Crippen molar-refractivity contribution in [2.75, 3.05) is 29.9 Å². The second kappa shape index (κ2) is 8.15. The molecule has 128 valence electrons. The smallest absolute Gasteiger partial charge is 0.319 e. The number of nitrogens with zero attached hydrogens (tertiary/aromatic N) is 1. The van der Waals surface area contributed by atoms with Gasteiger partial charge < -0.3 is 20.6 Å². The Morgan fingerprint density at radius 2 is 2.04 bits per heavy atom. The van der Waals surface area contributed by atoms with E-state index in [-0.39, 0.29) is 23.9 Å². The fourth-order valence-corrected chi connectivity index (χ4v) is 2.91. The number of aliphatic hydroxyl groups excluding tert-OH is 1. The fourth-order valence-electron chi connectivity index (χ4n) is 2.91. The number of carbonyl (C=O) groups excluding carboxylic acids is 1. The summed E-state index contributed by atoms with van der Waals surface area (Å²) in [6.45, 7) is 5.90. The maximum Gasteiger partial charge on any atom is 0.319 e. The first kappa shape index (κ1) is 17.5. The van der Waals surface area contributed by atoms with Crippen molar-refractivity contribution in [2.45, 2.75) is 39.2 Å². The van der Waals surface area contributed by atoms with Gasteiger partial charge in [-0.15, -0.1) is 0 Å². The van der Waals surface area contributed by atoms with Crippen LogP contribution in [0, 0.1) is 11.7 Å². The number of aliphatic hydroxyl groups is 1. The molecule has 6 heteroatoms. The Bertz CT molecular complexity index is 531. The first-order valence-corrected chi connectivity index (χ1v) is 8.23. The van der Waals surface area contributed by atoms with Gasteiger partial charge in [0, 0.05) is 25.3 Å². The van der Waals surface area contributed by atoms with E-state index >= 15 is 0 Å². The summed E-state index contributed by atoms with van der Waals surface area (Å²) >= 11 is 0. The molecular formula is C17H26FN3O2. The van der Waals surface area contributed by atoms with Crippen molar-refractivity contribution in [2.24, 2.45) is 5.92 Å². The molecule has 5 nitrogen and oxygen atoms in total. The number of halogens is 1. The van der Waals surface area contributed by atoms with Crippen molar-refractivity contribution in [1.82, 2.24) is 5.32 Å². The Balaban J connectivity index is 1.85. The van der Waals surface area contributed by atoms with E-state index in [1.807, 2.05) is 11.8 Å². The van der Waals surface area contributed by atoms with Crippen LogP contribution in [0.1, 0.15) is 33.1 Å². The van der Waals surface area contributed by atoms with Gasteiger partial charge in [0.1, 0.15) is 5.82 Å². The van der Waals surface area contributed by atoms with Crippen molar-refractivity contribution >= 4 is 17.4 Å². The Morgan fingerprint density at radius 3 is 2.65 bits per heavy atom. The summed E-state index contributed by atoms with van der Waals surface area (Å²) in [6, 6.07) is 4.42. The van der Waals surface area contributed by atoms with Gasteiger partial charge in [-0.1, -0.05) is 6.92 Å². The maximum atomic E-state index is 14.2. The van der Waals surface area contributed by atoms with E-state index in [0.29, 0.717) is 24.3 Å². The summed E-state index contributed by atoms with van der Waals surface area (Å²) in [5.74, 6) is -0.137. The minimum atomic E-state index is -0.387. The molecule has 1 saturated heterocycles. The van der Waals surface area contributed by atoms with Crippen LogP contribution in [0.15, 0.2) is 18.2 Å². The predicted octanol–water partition coefficient (Wildman–Crippen LogP) is 2.95. The fraction of sp³-hybridized carbons (Fsp3) is 0.588. The number of urea groups is 1. The largest absolute Gasteiger partial charge is 0.393 e. The highest BCUT2D eigenvalue weighted by molar-refractivity contribution is 5.89. The van der Waals surface area contributed by atoms with Crippen LogP contribution in [0.4, 0.5) is 20.6 Å². The average molecular weight is 323 g/mol. The first-order valence-electron chi connectivity index (χ1n) is 8.23. The van der Waals surface area contributed by atoms with E-state index in [1.165, 1.54) is 6.07 Å². The van der Waals surface area contributed by atoms with Gasteiger partial charge in [-0.3, -0.25) is 0 Å². The van der Waals surface area contributed by atoms with Gasteiger partial charge in [0.2, 0.25) is 0 Å². The zero-order chi connectivity index (χ0) is 16.8. The summed E-state index contributed by atoms with van der Waals surface area (Å²) < 4.78 is 14.2. The lowest BCUT2D eigenvalue weighted by Gasteiger charge is -2.19. The molecule has 3 N–H and O–H groups in total. The Labute approximate surface area is 136 Å². The van der Waals surface area contributed by atoms with Crippen LogP contribution < -0.4 is 15.5 Å². The molecule has 1 aromatic rings. The molecule has 1 aromatic carbocycles. The van der Waals surface area contributed by atoms with Crippen molar-refractivity contribution in [1.29, 1.82) is 0 Å². The third-order valence-corrected chi connectivity index (χ3v) is 4.01. The van der Waals surface area contributed by atoms with Crippen molar-refractivity contribution in [3.8, 4) is 0 Å². The number of benzene rings is 1. The highest BCUT2D eigenvalue weighted by atomic mass is 19.1. The van der Waals surface area contributed by atoms with Crippen LogP contribution in [-0.4, -0.2) is 36.9 Å². The molecule has 0 radical (unpaired) electrons. The predicted molar refractivity (Wildman–Crippen MR) is 90.3 cm³/mol. The van der Waals surface area contributed by atoms with E-state index in [4.69, 9.17) is 0 Å². The molecule has 23 heavy (non-hydrogen) atoms. The van der Waals surface area contributed by atoms with E-state index in [0.717, 1.165) is 25.9 Å². The normalized spacial score (nSPS) is 17.0. The van der Waals surface area contributed by atoms with Crippen molar-refractivity contribution < 1.29 is 14.3 Å². The summed E-state index contributed by atoms with van der Waals surface area (Å²) in [4.78, 5) is 13.9. The SMILES string of the molecule is CC(O)CC(C)CNC(=O)Nc1ccc(N2CCCC2)c(F)c1. The lowest BCUT2D eigenvalue weighted by Crippen LogP contribution is -2.33. The van der Waals surface area contributed by atoms with E-state index < -0.39 is 0 Å². The topological polar surface area (TPSA) is 64.6 Å². The molecule has 0 aromatic heterocycles. The molecule has 2 atom stereocenters. The third kappa shape index (κ3) is 5.39. The van der Waals surface area contributed by atoms with E-state index in [9.17, 15) is 14.3 Å². The minimum absolute atomic E-state index is 0.176. The van der Waals surface area contributed by atoms with E-state index in [2.05, 4.69) is 10.6 Å². The molecule has 2 amide bonds. The van der Waals surface area contributed by atoms with Gasteiger partial charge in [0.05, 0.1) is 11.8 Å². The van der Waals surface area contributed by atoms with E-state index in [1.54, 1.807) is 19.1 Å². The number of carbonyl (C=O) groups is 1. The van der Waals surface area contributed by atoms with Crippen LogP contribution in [0.3, 0.4) is 0 Å². The Morgan fingerprint density at radius 1 is 1.35 bits per heavy atom. The van der Waals surface area contributed by atoms with Gasteiger partial charge in [-0.2, -0.15) is 0 Å². The summed E-state index contributed by atoms with van der Waals surface area (Å²) in [6.07, 6.45) is 2.42. The van der Waals surface area contributed by atoms with Gasteiger partial charge >= 0.3 is 6.03 Å². The number of amides is 2. The van der Waals surface area contributed by atoms with Crippen LogP contribution in [0.25, 0.3) is 0 Å². The first-order chi connectivity index (χ1) is 11.0. The number of hydrogen-bond donors (Lipinski definition) is 3. The van der Waals surface area contributed by atoms with Crippen LogP contribution >= 0.6 is 0 Å². The monoisotopic (exact) mass is 323 g/mol. The molecule has 2 unspecified atom stereocenters. The lowest BCUT2D eigenvalue weighted by molar-refractivity contribution is 0.163. The molecule has 2 rings (SSSR count). The van der Waals surface area contributed by atoms with Crippen LogP contribution in [-0.2, 0) is 0 Å². The number of hydrogen-bond acceptors (Lipinski definition) is 3. The quantitative estimate of drug-likeness (QED) is 0.754.